The van der Waals surface area contributed by atoms with Crippen molar-refractivity contribution < 1.29 is 15.3 Å². The van der Waals surface area contributed by atoms with Gasteiger partial charge in [0, 0.05) is 6.42 Å². The molecule has 0 aromatic carbocycles. The predicted molar refractivity (Wildman–Crippen MR) is 145 cm³/mol. The average molecular weight is 475 g/mol. The number of hydrogen-bond acceptors (Lipinski definition) is 3. The van der Waals surface area contributed by atoms with Crippen LogP contribution in [0.15, 0.2) is 36.0 Å². The Bertz CT molecular complexity index is 729. The molecule has 1 unspecified atom stereocenters. The lowest BCUT2D eigenvalue weighted by Gasteiger charge is -2.46. The van der Waals surface area contributed by atoms with Crippen molar-refractivity contribution in [2.45, 2.75) is 130 Å². The molecule has 2 aliphatic carbocycles. The molecule has 2 fully saturated rings. The van der Waals surface area contributed by atoms with Crippen LogP contribution in [-0.4, -0.2) is 33.1 Å². The van der Waals surface area contributed by atoms with Gasteiger partial charge in [0.05, 0.1) is 17.8 Å². The Labute approximate surface area is 210 Å². The van der Waals surface area contributed by atoms with E-state index in [4.69, 9.17) is 0 Å². The Morgan fingerprint density at radius 3 is 2.41 bits per heavy atom. The van der Waals surface area contributed by atoms with Crippen molar-refractivity contribution in [3.8, 4) is 0 Å². The van der Waals surface area contributed by atoms with Crippen LogP contribution in [0.4, 0.5) is 0 Å². The molecule has 34 heavy (non-hydrogen) atoms. The van der Waals surface area contributed by atoms with Gasteiger partial charge in [-0.2, -0.15) is 0 Å². The molecule has 0 aromatic rings. The normalized spacial score (nSPS) is 33.1. The summed E-state index contributed by atoms with van der Waals surface area (Å²) in [5, 5.41) is 30.7. The van der Waals surface area contributed by atoms with E-state index >= 15 is 0 Å². The van der Waals surface area contributed by atoms with Crippen molar-refractivity contribution in [1.82, 2.24) is 0 Å². The van der Waals surface area contributed by atoms with Crippen LogP contribution in [0.1, 0.15) is 113 Å². The lowest BCUT2D eigenvalue weighted by Crippen LogP contribution is -2.39. The molecule has 0 aliphatic heterocycles. The maximum atomic E-state index is 10.6. The van der Waals surface area contributed by atoms with E-state index in [2.05, 4.69) is 73.3 Å². The summed E-state index contributed by atoms with van der Waals surface area (Å²) in [6.45, 7) is 20.5. The molecule has 196 valence electrons. The van der Waals surface area contributed by atoms with Crippen molar-refractivity contribution >= 4 is 0 Å². The third kappa shape index (κ3) is 6.65. The van der Waals surface area contributed by atoms with E-state index in [0.717, 1.165) is 36.8 Å². The molecule has 3 nitrogen and oxygen atoms in total. The standard InChI is InChI=1S/C31H54O3/c1-9-31(34,10-2)17-12-13-22(3)19-23(4)30(8)18-16-26(29(30,6)7)15-11-14-25-20-27(32)21-28(33)24(25)5/h11,14-15,22-23,26-28,32-34H,5,9-10,12-13,16-21H2,1-4,6-8H3/b15-11+,25-14-/t22?,23-,26-,27-,28+,30-/m1/s1. The molecular weight excluding hydrogens is 420 g/mol. The number of aliphatic hydroxyl groups excluding tert-OH is 2. The van der Waals surface area contributed by atoms with Crippen LogP contribution in [-0.2, 0) is 0 Å². The summed E-state index contributed by atoms with van der Waals surface area (Å²) in [4.78, 5) is 0. The van der Waals surface area contributed by atoms with Gasteiger partial charge in [-0.05, 0) is 84.7 Å². The average Bonchev–Trinajstić information content (AvgIpc) is 3.01. The highest BCUT2D eigenvalue weighted by molar-refractivity contribution is 5.37. The summed E-state index contributed by atoms with van der Waals surface area (Å²) >= 11 is 0. The predicted octanol–water partition coefficient (Wildman–Crippen LogP) is 7.37. The van der Waals surface area contributed by atoms with Gasteiger partial charge in [0.25, 0.3) is 0 Å². The van der Waals surface area contributed by atoms with Gasteiger partial charge in [0.15, 0.2) is 0 Å². The van der Waals surface area contributed by atoms with E-state index in [1.807, 2.05) is 0 Å². The van der Waals surface area contributed by atoms with Crippen LogP contribution in [0.2, 0.25) is 0 Å². The van der Waals surface area contributed by atoms with E-state index in [9.17, 15) is 15.3 Å². The van der Waals surface area contributed by atoms with E-state index in [0.29, 0.717) is 30.6 Å². The smallest absolute Gasteiger partial charge is 0.0811 e. The molecular formula is C31H54O3. The quantitative estimate of drug-likeness (QED) is 0.293. The zero-order valence-corrected chi connectivity index (χ0v) is 23.2. The first kappa shape index (κ1) is 29.3. The minimum Gasteiger partial charge on any atom is -0.393 e. The molecule has 0 saturated heterocycles. The first-order valence-electron chi connectivity index (χ1n) is 13.9. The first-order valence-corrected chi connectivity index (χ1v) is 13.9. The van der Waals surface area contributed by atoms with Gasteiger partial charge in [-0.15, -0.1) is 0 Å². The van der Waals surface area contributed by atoms with Crippen molar-refractivity contribution in [2.24, 2.45) is 28.6 Å². The fourth-order valence-corrected chi connectivity index (χ4v) is 6.71. The van der Waals surface area contributed by atoms with Crippen LogP contribution < -0.4 is 0 Å². The van der Waals surface area contributed by atoms with E-state index in [1.165, 1.54) is 25.7 Å². The summed E-state index contributed by atoms with van der Waals surface area (Å²) in [6, 6.07) is 0. The third-order valence-corrected chi connectivity index (χ3v) is 10.3. The fraction of sp³-hybridized carbons (Fsp3) is 0.806. The molecule has 0 bridgehead atoms. The van der Waals surface area contributed by atoms with Crippen LogP contribution in [0, 0.1) is 28.6 Å². The molecule has 2 saturated carbocycles. The van der Waals surface area contributed by atoms with Crippen molar-refractivity contribution in [1.29, 1.82) is 0 Å². The Hall–Kier alpha value is -0.900. The summed E-state index contributed by atoms with van der Waals surface area (Å²) in [5.74, 6) is 1.84. The maximum Gasteiger partial charge on any atom is 0.0811 e. The van der Waals surface area contributed by atoms with Gasteiger partial charge in [-0.1, -0.05) is 86.1 Å². The van der Waals surface area contributed by atoms with Crippen LogP contribution in [0.5, 0.6) is 0 Å². The molecule has 0 amide bonds. The Kier molecular flexibility index (Phi) is 10.3. The van der Waals surface area contributed by atoms with Gasteiger partial charge in [-0.3, -0.25) is 0 Å². The SMILES string of the molecule is C=C1/C(=C\C=C\[C@@H]2CC[C@](C)([C@H](C)CC(C)CCCC(O)(CC)CC)C2(C)C)C[C@@H](O)C[C@@H]1O. The minimum absolute atomic E-state index is 0.203. The zero-order chi connectivity index (χ0) is 25.7. The lowest BCUT2D eigenvalue weighted by atomic mass is 9.58. The number of allylic oxidation sites excluding steroid dienone is 3. The summed E-state index contributed by atoms with van der Waals surface area (Å²) in [5.41, 5.74) is 1.75. The van der Waals surface area contributed by atoms with Crippen molar-refractivity contribution in [3.05, 3.63) is 36.0 Å². The Morgan fingerprint density at radius 1 is 1.15 bits per heavy atom. The highest BCUT2D eigenvalue weighted by Gasteiger charge is 2.52. The lowest BCUT2D eigenvalue weighted by molar-refractivity contribution is 0.0174. The van der Waals surface area contributed by atoms with Gasteiger partial charge in [0.2, 0.25) is 0 Å². The summed E-state index contributed by atoms with van der Waals surface area (Å²) in [7, 11) is 0. The number of rotatable bonds is 11. The minimum atomic E-state index is -0.629. The summed E-state index contributed by atoms with van der Waals surface area (Å²) < 4.78 is 0. The number of hydrogen-bond donors (Lipinski definition) is 3. The highest BCUT2D eigenvalue weighted by Crippen LogP contribution is 2.61. The number of aliphatic hydroxyl groups is 3. The summed E-state index contributed by atoms with van der Waals surface area (Å²) in [6.07, 6.45) is 15.0. The molecule has 2 rings (SSSR count). The second kappa shape index (κ2) is 11.9. The van der Waals surface area contributed by atoms with E-state index < -0.39 is 17.8 Å². The van der Waals surface area contributed by atoms with Crippen LogP contribution in [0.3, 0.4) is 0 Å². The van der Waals surface area contributed by atoms with Gasteiger partial charge >= 0.3 is 0 Å². The fourth-order valence-electron chi connectivity index (χ4n) is 6.71. The van der Waals surface area contributed by atoms with E-state index in [-0.39, 0.29) is 10.8 Å². The zero-order valence-electron chi connectivity index (χ0n) is 23.2. The highest BCUT2D eigenvalue weighted by atomic mass is 16.3. The largest absolute Gasteiger partial charge is 0.393 e. The van der Waals surface area contributed by atoms with Gasteiger partial charge in [0.1, 0.15) is 0 Å². The monoisotopic (exact) mass is 474 g/mol. The second-order valence-electron chi connectivity index (χ2n) is 12.6. The molecule has 3 N–H and O–H groups in total. The van der Waals surface area contributed by atoms with Crippen LogP contribution in [0.25, 0.3) is 0 Å². The van der Waals surface area contributed by atoms with Crippen LogP contribution >= 0.6 is 0 Å². The molecule has 3 heteroatoms. The third-order valence-electron chi connectivity index (χ3n) is 10.3. The second-order valence-corrected chi connectivity index (χ2v) is 12.6. The van der Waals surface area contributed by atoms with E-state index in [1.54, 1.807) is 0 Å². The molecule has 6 atom stereocenters. The molecule has 0 spiro atoms. The topological polar surface area (TPSA) is 60.7 Å². The maximum absolute atomic E-state index is 10.6. The molecule has 2 aliphatic rings. The van der Waals surface area contributed by atoms with Gasteiger partial charge in [-0.25, -0.2) is 0 Å². The first-order chi connectivity index (χ1) is 15.8. The Balaban J connectivity index is 1.97. The molecule has 0 heterocycles. The molecule has 0 radical (unpaired) electrons. The Morgan fingerprint density at radius 2 is 1.79 bits per heavy atom. The molecule has 0 aromatic heterocycles. The van der Waals surface area contributed by atoms with Crippen molar-refractivity contribution in [2.75, 3.05) is 0 Å². The van der Waals surface area contributed by atoms with Gasteiger partial charge < -0.3 is 15.3 Å². The van der Waals surface area contributed by atoms with Crippen molar-refractivity contribution in [3.63, 3.8) is 0 Å².